The highest BCUT2D eigenvalue weighted by Gasteiger charge is 2.22. The molecule has 0 aliphatic rings. The smallest absolute Gasteiger partial charge is 0.245 e. The fraction of sp³-hybridized carbons (Fsp3) is 0.235. The molecule has 0 radical (unpaired) electrons. The molecular formula is C17H19ClN2O4S. The molecule has 25 heavy (non-hydrogen) atoms. The van der Waals surface area contributed by atoms with E-state index >= 15 is 0 Å². The zero-order valence-corrected chi connectivity index (χ0v) is 15.7. The lowest BCUT2D eigenvalue weighted by Gasteiger charge is -2.23. The topological polar surface area (TPSA) is 75.7 Å². The van der Waals surface area contributed by atoms with Gasteiger partial charge in [0.05, 0.1) is 24.1 Å². The molecule has 2 rings (SSSR count). The third kappa shape index (κ3) is 4.87. The van der Waals surface area contributed by atoms with E-state index in [1.807, 2.05) is 0 Å². The van der Waals surface area contributed by atoms with Gasteiger partial charge >= 0.3 is 0 Å². The summed E-state index contributed by atoms with van der Waals surface area (Å²) in [5.41, 5.74) is 1.68. The highest BCUT2D eigenvalue weighted by atomic mass is 35.5. The van der Waals surface area contributed by atoms with E-state index in [4.69, 9.17) is 16.3 Å². The highest BCUT2D eigenvalue weighted by Crippen LogP contribution is 2.27. The number of carbonyl (C=O) groups excluding carboxylic acids is 1. The zero-order valence-electron chi connectivity index (χ0n) is 14.1. The van der Waals surface area contributed by atoms with E-state index in [0.29, 0.717) is 22.1 Å². The molecule has 0 atom stereocenters. The summed E-state index contributed by atoms with van der Waals surface area (Å²) in [6.07, 6.45) is 1.07. The molecule has 0 heterocycles. The maximum absolute atomic E-state index is 12.3. The van der Waals surface area contributed by atoms with E-state index in [-0.39, 0.29) is 6.54 Å². The van der Waals surface area contributed by atoms with E-state index in [0.717, 1.165) is 16.1 Å². The summed E-state index contributed by atoms with van der Waals surface area (Å²) < 4.78 is 30.4. The summed E-state index contributed by atoms with van der Waals surface area (Å²) in [5.74, 6) is 0.00671. The largest absolute Gasteiger partial charge is 0.495 e. The first-order valence-corrected chi connectivity index (χ1v) is 9.61. The fourth-order valence-electron chi connectivity index (χ4n) is 2.30. The molecule has 8 heteroatoms. The standard InChI is InChI=1S/C17H19ClN2O4S/c1-12-6-4-5-7-15(12)20(25(3,22)23)11-17(21)19-13-8-9-16(24-2)14(18)10-13/h4-10H,11H2,1-3H3,(H,19,21). The summed E-state index contributed by atoms with van der Waals surface area (Å²) in [4.78, 5) is 12.3. The number of rotatable bonds is 6. The van der Waals surface area contributed by atoms with Gasteiger partial charge in [-0.3, -0.25) is 9.10 Å². The van der Waals surface area contributed by atoms with Crippen molar-refractivity contribution >= 4 is 38.9 Å². The van der Waals surface area contributed by atoms with E-state index < -0.39 is 15.9 Å². The maximum atomic E-state index is 12.3. The molecule has 2 aromatic carbocycles. The van der Waals surface area contributed by atoms with Crippen LogP contribution in [0.3, 0.4) is 0 Å². The molecule has 6 nitrogen and oxygen atoms in total. The van der Waals surface area contributed by atoms with Gasteiger partial charge in [0.25, 0.3) is 0 Å². The van der Waals surface area contributed by atoms with Crippen LogP contribution in [-0.4, -0.2) is 34.2 Å². The number of aryl methyl sites for hydroxylation is 1. The molecule has 0 saturated heterocycles. The van der Waals surface area contributed by atoms with Crippen molar-refractivity contribution in [2.45, 2.75) is 6.92 Å². The van der Waals surface area contributed by atoms with Gasteiger partial charge in [-0.25, -0.2) is 8.42 Å². The molecule has 0 fully saturated rings. The summed E-state index contributed by atoms with van der Waals surface area (Å²) in [6.45, 7) is 1.45. The molecule has 0 spiro atoms. The average molecular weight is 383 g/mol. The van der Waals surface area contributed by atoms with Crippen LogP contribution in [-0.2, 0) is 14.8 Å². The molecule has 0 aliphatic heterocycles. The molecule has 1 N–H and O–H groups in total. The lowest BCUT2D eigenvalue weighted by atomic mass is 10.2. The Bertz CT molecular complexity index is 884. The predicted octanol–water partition coefficient (Wildman–Crippen LogP) is 3.06. The van der Waals surface area contributed by atoms with Gasteiger partial charge in [0, 0.05) is 5.69 Å². The second-order valence-corrected chi connectivity index (χ2v) is 7.77. The van der Waals surface area contributed by atoms with E-state index in [1.54, 1.807) is 43.3 Å². The number of hydrogen-bond acceptors (Lipinski definition) is 4. The molecule has 0 bridgehead atoms. The van der Waals surface area contributed by atoms with Gasteiger partial charge in [-0.15, -0.1) is 0 Å². The zero-order chi connectivity index (χ0) is 18.6. The van der Waals surface area contributed by atoms with Crippen LogP contribution in [0.5, 0.6) is 5.75 Å². The molecule has 134 valence electrons. The summed E-state index contributed by atoms with van der Waals surface area (Å²) in [5, 5.41) is 2.99. The third-order valence-corrected chi connectivity index (χ3v) is 4.93. The van der Waals surface area contributed by atoms with Crippen molar-refractivity contribution in [1.82, 2.24) is 0 Å². The molecule has 0 aromatic heterocycles. The minimum Gasteiger partial charge on any atom is -0.495 e. The minimum atomic E-state index is -3.62. The van der Waals surface area contributed by atoms with E-state index in [1.165, 1.54) is 13.2 Å². The molecule has 0 saturated carbocycles. The van der Waals surface area contributed by atoms with Crippen molar-refractivity contribution in [3.63, 3.8) is 0 Å². The normalized spacial score (nSPS) is 11.0. The third-order valence-electron chi connectivity index (χ3n) is 3.51. The Morgan fingerprint density at radius 3 is 2.48 bits per heavy atom. The Hall–Kier alpha value is -2.25. The summed E-state index contributed by atoms with van der Waals surface area (Å²) in [6, 6.07) is 11.8. The van der Waals surface area contributed by atoms with Gasteiger partial charge in [0.15, 0.2) is 0 Å². The monoisotopic (exact) mass is 382 g/mol. The Labute approximate surface area is 152 Å². The van der Waals surface area contributed by atoms with Gasteiger partial charge in [0.1, 0.15) is 12.3 Å². The first-order chi connectivity index (χ1) is 11.7. The Balaban J connectivity index is 2.21. The van der Waals surface area contributed by atoms with Gasteiger partial charge < -0.3 is 10.1 Å². The number of carbonyl (C=O) groups is 1. The van der Waals surface area contributed by atoms with Crippen molar-refractivity contribution in [3.8, 4) is 5.75 Å². The van der Waals surface area contributed by atoms with Crippen LogP contribution in [0.15, 0.2) is 42.5 Å². The van der Waals surface area contributed by atoms with Gasteiger partial charge in [-0.1, -0.05) is 29.8 Å². The van der Waals surface area contributed by atoms with Crippen LogP contribution >= 0.6 is 11.6 Å². The van der Waals surface area contributed by atoms with E-state index in [9.17, 15) is 13.2 Å². The van der Waals surface area contributed by atoms with Crippen molar-refractivity contribution in [2.75, 3.05) is 29.5 Å². The number of ether oxygens (including phenoxy) is 1. The maximum Gasteiger partial charge on any atom is 0.245 e. The number of sulfonamides is 1. The number of nitrogens with one attached hydrogen (secondary N) is 1. The van der Waals surface area contributed by atoms with Crippen LogP contribution in [0, 0.1) is 6.92 Å². The van der Waals surface area contributed by atoms with Crippen LogP contribution in [0.1, 0.15) is 5.56 Å². The lowest BCUT2D eigenvalue weighted by molar-refractivity contribution is -0.114. The Kier molecular flexibility index (Phi) is 5.92. The number of methoxy groups -OCH3 is 1. The summed E-state index contributed by atoms with van der Waals surface area (Å²) >= 11 is 6.03. The number of nitrogens with zero attached hydrogens (tertiary/aromatic N) is 1. The van der Waals surface area contributed by atoms with Crippen molar-refractivity contribution in [3.05, 3.63) is 53.1 Å². The van der Waals surface area contributed by atoms with Crippen molar-refractivity contribution in [2.24, 2.45) is 0 Å². The molecular weight excluding hydrogens is 364 g/mol. The molecule has 2 aromatic rings. The first kappa shape index (κ1) is 19.1. The highest BCUT2D eigenvalue weighted by molar-refractivity contribution is 7.92. The molecule has 0 unspecified atom stereocenters. The number of halogens is 1. The fourth-order valence-corrected chi connectivity index (χ4v) is 3.47. The Morgan fingerprint density at radius 1 is 1.24 bits per heavy atom. The van der Waals surface area contributed by atoms with Gasteiger partial charge in [-0.05, 0) is 36.8 Å². The average Bonchev–Trinajstić information content (AvgIpc) is 2.52. The second kappa shape index (κ2) is 7.76. The Morgan fingerprint density at radius 2 is 1.92 bits per heavy atom. The number of amides is 1. The van der Waals surface area contributed by atoms with Crippen molar-refractivity contribution < 1.29 is 17.9 Å². The molecule has 0 aliphatic carbocycles. The number of para-hydroxylation sites is 1. The lowest BCUT2D eigenvalue weighted by Crippen LogP contribution is -2.37. The molecule has 1 amide bonds. The number of anilines is 2. The SMILES string of the molecule is COc1ccc(NC(=O)CN(c2ccccc2C)S(C)(=O)=O)cc1Cl. The van der Waals surface area contributed by atoms with Gasteiger partial charge in [0.2, 0.25) is 15.9 Å². The number of hydrogen-bond donors (Lipinski definition) is 1. The van der Waals surface area contributed by atoms with Crippen molar-refractivity contribution in [1.29, 1.82) is 0 Å². The number of benzene rings is 2. The first-order valence-electron chi connectivity index (χ1n) is 7.39. The van der Waals surface area contributed by atoms with E-state index in [2.05, 4.69) is 5.32 Å². The van der Waals surface area contributed by atoms with Gasteiger partial charge in [-0.2, -0.15) is 0 Å². The van der Waals surface area contributed by atoms with Crippen LogP contribution in [0.25, 0.3) is 0 Å². The minimum absolute atomic E-state index is 0.340. The quantitative estimate of drug-likeness (QED) is 0.833. The van der Waals surface area contributed by atoms with Crippen LogP contribution in [0.2, 0.25) is 5.02 Å². The second-order valence-electron chi connectivity index (χ2n) is 5.45. The van der Waals surface area contributed by atoms with Crippen LogP contribution < -0.4 is 14.4 Å². The summed E-state index contributed by atoms with van der Waals surface area (Å²) in [7, 11) is -2.13. The van der Waals surface area contributed by atoms with Crippen LogP contribution in [0.4, 0.5) is 11.4 Å². The predicted molar refractivity (Wildman–Crippen MR) is 100 cm³/mol.